The quantitative estimate of drug-likeness (QED) is 0.681. The van der Waals surface area contributed by atoms with Gasteiger partial charge in [-0.05, 0) is 19.1 Å². The van der Waals surface area contributed by atoms with Crippen molar-refractivity contribution < 1.29 is 14.7 Å². The van der Waals surface area contributed by atoms with Crippen molar-refractivity contribution in [2.45, 2.75) is 13.3 Å². The van der Waals surface area contributed by atoms with Crippen molar-refractivity contribution in [3.63, 3.8) is 0 Å². The Morgan fingerprint density at radius 1 is 1.37 bits per heavy atom. The van der Waals surface area contributed by atoms with Gasteiger partial charge in [0.15, 0.2) is 0 Å². The van der Waals surface area contributed by atoms with Gasteiger partial charge in [-0.15, -0.1) is 11.3 Å². The van der Waals surface area contributed by atoms with E-state index in [1.165, 1.54) is 11.3 Å². The highest BCUT2D eigenvalue weighted by molar-refractivity contribution is 7.14. The molecule has 0 atom stereocenters. The van der Waals surface area contributed by atoms with Crippen LogP contribution in [-0.4, -0.2) is 36.6 Å². The summed E-state index contributed by atoms with van der Waals surface area (Å²) in [4.78, 5) is 24.2. The van der Waals surface area contributed by atoms with Gasteiger partial charge in [0.1, 0.15) is 0 Å². The molecule has 0 bridgehead atoms. The number of rotatable bonds is 5. The van der Waals surface area contributed by atoms with Crippen LogP contribution in [0.15, 0.2) is 12.1 Å². The van der Waals surface area contributed by atoms with Gasteiger partial charge in [0.05, 0.1) is 22.9 Å². The molecule has 0 aliphatic rings. The molecule has 0 unspecified atom stereocenters. The van der Waals surface area contributed by atoms with E-state index in [0.717, 1.165) is 4.88 Å². The van der Waals surface area contributed by atoms with E-state index in [0.29, 0.717) is 17.8 Å². The van der Waals surface area contributed by atoms with Gasteiger partial charge in [0, 0.05) is 13.0 Å². The molecule has 102 valence electrons. The Kier molecular flexibility index (Phi) is 6.64. The minimum absolute atomic E-state index is 0.0261. The van der Waals surface area contributed by atoms with Gasteiger partial charge in [0.2, 0.25) is 5.91 Å². The molecular weight excluding hydrogens is 264 g/mol. The molecule has 1 aromatic heterocycles. The van der Waals surface area contributed by atoms with Crippen LogP contribution in [0.2, 0.25) is 0 Å². The van der Waals surface area contributed by atoms with Crippen LogP contribution >= 0.6 is 11.3 Å². The third-order valence-electron chi connectivity index (χ3n) is 2.06. The summed E-state index contributed by atoms with van der Waals surface area (Å²) in [6, 6.07) is 3.41. The van der Waals surface area contributed by atoms with Gasteiger partial charge >= 0.3 is 0 Å². The predicted octanol–water partition coefficient (Wildman–Crippen LogP) is 0.348. The van der Waals surface area contributed by atoms with E-state index in [-0.39, 0.29) is 25.0 Å². The summed E-state index contributed by atoms with van der Waals surface area (Å²) in [5.74, 6) is 5.14. The third-order valence-corrected chi connectivity index (χ3v) is 3.06. The number of thiophene rings is 1. The maximum absolute atomic E-state index is 11.7. The number of carbonyl (C=O) groups is 2. The largest absolute Gasteiger partial charge is 0.395 e. The summed E-state index contributed by atoms with van der Waals surface area (Å²) in [7, 11) is 0. The second-order valence-electron chi connectivity index (χ2n) is 3.58. The van der Waals surface area contributed by atoms with Crippen molar-refractivity contribution in [1.82, 2.24) is 10.6 Å². The molecule has 0 saturated heterocycles. The topological polar surface area (TPSA) is 78.4 Å². The van der Waals surface area contributed by atoms with Gasteiger partial charge in [-0.3, -0.25) is 9.59 Å². The molecule has 0 aromatic carbocycles. The predicted molar refractivity (Wildman–Crippen MR) is 73.9 cm³/mol. The first-order valence-corrected chi connectivity index (χ1v) is 6.73. The summed E-state index contributed by atoms with van der Waals surface area (Å²) >= 11 is 1.26. The Morgan fingerprint density at radius 2 is 2.16 bits per heavy atom. The monoisotopic (exact) mass is 280 g/mol. The number of aliphatic hydroxyl groups is 1. The lowest BCUT2D eigenvalue weighted by Crippen LogP contribution is -2.36. The summed E-state index contributed by atoms with van der Waals surface area (Å²) in [5, 5.41) is 13.7. The minimum atomic E-state index is -0.286. The van der Waals surface area contributed by atoms with Crippen LogP contribution in [0.4, 0.5) is 0 Å². The average molecular weight is 280 g/mol. The van der Waals surface area contributed by atoms with Crippen molar-refractivity contribution in [3.05, 3.63) is 21.9 Å². The Labute approximate surface area is 116 Å². The third kappa shape index (κ3) is 5.55. The number of hydrogen-bond donors (Lipinski definition) is 3. The summed E-state index contributed by atoms with van der Waals surface area (Å²) in [5.41, 5.74) is 0. The minimum Gasteiger partial charge on any atom is -0.395 e. The van der Waals surface area contributed by atoms with E-state index >= 15 is 0 Å². The van der Waals surface area contributed by atoms with E-state index in [9.17, 15) is 9.59 Å². The summed E-state index contributed by atoms with van der Waals surface area (Å²) in [6.07, 6.45) is 0.413. The van der Waals surface area contributed by atoms with E-state index in [2.05, 4.69) is 22.5 Å². The molecule has 1 heterocycles. The Bertz CT molecular complexity index is 499. The first-order chi connectivity index (χ1) is 9.17. The molecule has 0 saturated carbocycles. The first kappa shape index (κ1) is 15.2. The van der Waals surface area contributed by atoms with Crippen LogP contribution in [0, 0.1) is 11.8 Å². The molecule has 0 aliphatic carbocycles. The highest BCUT2D eigenvalue weighted by Gasteiger charge is 2.09. The van der Waals surface area contributed by atoms with Crippen molar-refractivity contribution in [2.75, 3.05) is 19.7 Å². The van der Waals surface area contributed by atoms with E-state index in [1.54, 1.807) is 12.1 Å². The second kappa shape index (κ2) is 8.29. The molecule has 1 rings (SSSR count). The molecular formula is C13H16N2O3S. The van der Waals surface area contributed by atoms with Gasteiger partial charge in [-0.25, -0.2) is 0 Å². The average Bonchev–Trinajstić information content (AvgIpc) is 2.85. The number of nitrogens with one attached hydrogen (secondary N) is 2. The highest BCUT2D eigenvalue weighted by Crippen LogP contribution is 2.15. The van der Waals surface area contributed by atoms with Gasteiger partial charge < -0.3 is 15.7 Å². The fraction of sp³-hybridized carbons (Fsp3) is 0.385. The molecule has 5 nitrogen and oxygen atoms in total. The fourth-order valence-electron chi connectivity index (χ4n) is 1.24. The Balaban J connectivity index is 2.50. The lowest BCUT2D eigenvalue weighted by atomic mass is 10.4. The van der Waals surface area contributed by atoms with Crippen molar-refractivity contribution in [3.8, 4) is 11.8 Å². The van der Waals surface area contributed by atoms with Crippen molar-refractivity contribution in [2.24, 2.45) is 0 Å². The smallest absolute Gasteiger partial charge is 0.261 e. The molecule has 19 heavy (non-hydrogen) atoms. The Morgan fingerprint density at radius 3 is 2.84 bits per heavy atom. The van der Waals surface area contributed by atoms with Crippen LogP contribution in [-0.2, 0) is 4.79 Å². The van der Waals surface area contributed by atoms with E-state index in [1.807, 2.05) is 6.92 Å². The molecule has 0 aliphatic heterocycles. The number of amides is 2. The second-order valence-corrected chi connectivity index (χ2v) is 4.66. The number of carbonyl (C=O) groups excluding carboxylic acids is 2. The zero-order valence-corrected chi connectivity index (χ0v) is 11.5. The summed E-state index contributed by atoms with van der Waals surface area (Å²) in [6.45, 7) is 2.35. The van der Waals surface area contributed by atoms with E-state index in [4.69, 9.17) is 5.11 Å². The molecule has 3 N–H and O–H groups in total. The maximum atomic E-state index is 11.7. The highest BCUT2D eigenvalue weighted by atomic mass is 32.1. The van der Waals surface area contributed by atoms with E-state index < -0.39 is 0 Å². The Hall–Kier alpha value is -1.84. The molecule has 0 fully saturated rings. The van der Waals surface area contributed by atoms with Crippen molar-refractivity contribution in [1.29, 1.82) is 0 Å². The zero-order chi connectivity index (χ0) is 14.1. The van der Waals surface area contributed by atoms with Crippen LogP contribution in [0.5, 0.6) is 0 Å². The molecule has 0 radical (unpaired) electrons. The molecule has 0 spiro atoms. The zero-order valence-electron chi connectivity index (χ0n) is 10.7. The maximum Gasteiger partial charge on any atom is 0.261 e. The molecule has 1 aromatic rings. The molecule has 2 amide bonds. The molecule has 6 heteroatoms. The normalized spacial score (nSPS) is 9.37. The van der Waals surface area contributed by atoms with Crippen LogP contribution in [0.1, 0.15) is 27.9 Å². The standard InChI is InChI=1S/C13H16N2O3S/c1-2-14-12(17)9-15-13(18)11-7-6-10(19-11)5-3-4-8-16/h6-7,16H,2,4,8-9H2,1H3,(H,14,17)(H,15,18). The van der Waals surface area contributed by atoms with Crippen molar-refractivity contribution >= 4 is 23.2 Å². The van der Waals surface area contributed by atoms with Crippen LogP contribution in [0.25, 0.3) is 0 Å². The lowest BCUT2D eigenvalue weighted by Gasteiger charge is -2.03. The first-order valence-electron chi connectivity index (χ1n) is 5.91. The lowest BCUT2D eigenvalue weighted by molar-refractivity contribution is -0.120. The van der Waals surface area contributed by atoms with Crippen LogP contribution < -0.4 is 10.6 Å². The number of hydrogen-bond acceptors (Lipinski definition) is 4. The number of aliphatic hydroxyl groups excluding tert-OH is 1. The number of likely N-dealkylation sites (N-methyl/N-ethyl adjacent to an activating group) is 1. The van der Waals surface area contributed by atoms with Crippen LogP contribution in [0.3, 0.4) is 0 Å². The van der Waals surface area contributed by atoms with Gasteiger partial charge in [0.25, 0.3) is 5.91 Å². The SMILES string of the molecule is CCNC(=O)CNC(=O)c1ccc(C#CCCO)s1. The van der Waals surface area contributed by atoms with Gasteiger partial charge in [-0.1, -0.05) is 11.8 Å². The summed E-state index contributed by atoms with van der Waals surface area (Å²) < 4.78 is 0. The van der Waals surface area contributed by atoms with Gasteiger partial charge in [-0.2, -0.15) is 0 Å². The fourth-order valence-corrected chi connectivity index (χ4v) is 2.04.